The van der Waals surface area contributed by atoms with Crippen LogP contribution >= 0.6 is 0 Å². The maximum atomic E-state index is 14.5. The van der Waals surface area contributed by atoms with Gasteiger partial charge in [-0.3, -0.25) is 14.4 Å². The number of carbonyl (C=O) groups is 3. The number of nitrogens with two attached hydrogens (primary N) is 1. The van der Waals surface area contributed by atoms with Gasteiger partial charge in [0.1, 0.15) is 12.6 Å². The monoisotopic (exact) mass is 510 g/mol. The van der Waals surface area contributed by atoms with E-state index in [1.165, 1.54) is 0 Å². The third-order valence-electron chi connectivity index (χ3n) is 9.47. The average molecular weight is 511 g/mol. The number of ketones is 1. The Bertz CT molecular complexity index is 1060. The minimum Gasteiger partial charge on any atom is -0.369 e. The van der Waals surface area contributed by atoms with Crippen molar-refractivity contribution >= 4 is 23.3 Å². The van der Waals surface area contributed by atoms with Crippen molar-refractivity contribution in [2.75, 3.05) is 50.8 Å². The summed E-state index contributed by atoms with van der Waals surface area (Å²) >= 11 is 0. The normalized spacial score (nSPS) is 27.5. The lowest BCUT2D eigenvalue weighted by Gasteiger charge is -2.39. The SMILES string of the molecule is CCN1CCN(c2ccc(C(N)=O)c([C@@H](C(=O)N3C[C@H](C4CC4)[C@H]4OCC(=O)[C@H]43)C(C)(C)CC)c2)CC1. The van der Waals surface area contributed by atoms with E-state index in [1.54, 1.807) is 11.0 Å². The summed E-state index contributed by atoms with van der Waals surface area (Å²) in [4.78, 5) is 46.6. The summed E-state index contributed by atoms with van der Waals surface area (Å²) in [5.74, 6) is -0.476. The van der Waals surface area contributed by atoms with Gasteiger partial charge in [0.05, 0.1) is 12.0 Å². The first-order valence-corrected chi connectivity index (χ1v) is 14.0. The first kappa shape index (κ1) is 26.2. The molecule has 1 saturated carbocycles. The molecule has 8 heteroatoms. The third kappa shape index (κ3) is 4.78. The summed E-state index contributed by atoms with van der Waals surface area (Å²) in [6.45, 7) is 13.8. The van der Waals surface area contributed by atoms with Crippen LogP contribution in [0.15, 0.2) is 18.2 Å². The number of anilines is 1. The van der Waals surface area contributed by atoms with Gasteiger partial charge in [-0.2, -0.15) is 0 Å². The summed E-state index contributed by atoms with van der Waals surface area (Å²) < 4.78 is 5.93. The average Bonchev–Trinajstić information content (AvgIpc) is 3.56. The van der Waals surface area contributed by atoms with Crippen molar-refractivity contribution in [3.63, 3.8) is 0 Å². The summed E-state index contributed by atoms with van der Waals surface area (Å²) in [5.41, 5.74) is 7.50. The van der Waals surface area contributed by atoms with Gasteiger partial charge in [-0.05, 0) is 60.9 Å². The number of nitrogens with zero attached hydrogens (tertiary/aromatic N) is 3. The standard InChI is InChI=1S/C29H42N4O4/c1-5-29(3,4)24(28(36)33-16-22(18-7-8-18)26-25(33)23(34)17-37-26)21-15-19(9-10-20(21)27(30)35)32-13-11-31(6-2)12-14-32/h9-10,15,18,22,24-26H,5-8,11-14,16-17H2,1-4H3,(H2,30,35)/t22-,24+,25-,26-/m1/s1. The van der Waals surface area contributed by atoms with Gasteiger partial charge in [0.15, 0.2) is 5.78 Å². The fourth-order valence-corrected chi connectivity index (χ4v) is 6.65. The van der Waals surface area contributed by atoms with E-state index in [-0.39, 0.29) is 30.3 Å². The van der Waals surface area contributed by atoms with Crippen LogP contribution < -0.4 is 10.6 Å². The highest BCUT2D eigenvalue weighted by Gasteiger charge is 2.57. The zero-order chi connectivity index (χ0) is 26.5. The van der Waals surface area contributed by atoms with E-state index in [0.717, 1.165) is 57.7 Å². The number of ether oxygens (including phenoxy) is 1. The molecule has 4 fully saturated rings. The Morgan fingerprint density at radius 2 is 1.84 bits per heavy atom. The molecule has 202 valence electrons. The quantitative estimate of drug-likeness (QED) is 0.578. The molecule has 3 aliphatic heterocycles. The molecular weight excluding hydrogens is 468 g/mol. The van der Waals surface area contributed by atoms with Crippen LogP contribution in [0.1, 0.15) is 68.8 Å². The highest BCUT2D eigenvalue weighted by atomic mass is 16.5. The molecular formula is C29H42N4O4. The summed E-state index contributed by atoms with van der Waals surface area (Å²) in [6, 6.07) is 5.24. The number of fused-ring (bicyclic) bond motifs is 1. The molecule has 8 nitrogen and oxygen atoms in total. The Labute approximate surface area is 220 Å². The van der Waals surface area contributed by atoms with E-state index < -0.39 is 23.3 Å². The van der Waals surface area contributed by atoms with Gasteiger partial charge in [-0.15, -0.1) is 0 Å². The van der Waals surface area contributed by atoms with Gasteiger partial charge in [-0.25, -0.2) is 0 Å². The molecule has 4 atom stereocenters. The Hall–Kier alpha value is -2.45. The molecule has 3 heterocycles. The molecule has 0 aromatic heterocycles. The Morgan fingerprint density at radius 1 is 1.14 bits per heavy atom. The van der Waals surface area contributed by atoms with Gasteiger partial charge in [0.25, 0.3) is 0 Å². The van der Waals surface area contributed by atoms with E-state index >= 15 is 0 Å². The Balaban J connectivity index is 1.53. The molecule has 1 aliphatic carbocycles. The zero-order valence-corrected chi connectivity index (χ0v) is 22.7. The highest BCUT2D eigenvalue weighted by Crippen LogP contribution is 2.49. The van der Waals surface area contributed by atoms with Gasteiger partial charge in [-0.1, -0.05) is 27.7 Å². The molecule has 0 radical (unpaired) electrons. The van der Waals surface area contributed by atoms with Crippen molar-refractivity contribution in [3.05, 3.63) is 29.3 Å². The second-order valence-corrected chi connectivity index (χ2v) is 12.0. The summed E-state index contributed by atoms with van der Waals surface area (Å²) in [7, 11) is 0. The van der Waals surface area contributed by atoms with Crippen molar-refractivity contribution in [2.45, 2.75) is 65.0 Å². The molecule has 5 rings (SSSR count). The number of hydrogen-bond acceptors (Lipinski definition) is 6. The van der Waals surface area contributed by atoms with E-state index in [1.807, 2.05) is 12.1 Å². The number of primary amides is 1. The van der Waals surface area contributed by atoms with Gasteiger partial charge < -0.3 is 25.2 Å². The third-order valence-corrected chi connectivity index (χ3v) is 9.47. The lowest BCUT2D eigenvalue weighted by molar-refractivity contribution is -0.140. The van der Waals surface area contributed by atoms with E-state index in [9.17, 15) is 14.4 Å². The smallest absolute Gasteiger partial charge is 0.249 e. The fraction of sp³-hybridized carbons (Fsp3) is 0.690. The summed E-state index contributed by atoms with van der Waals surface area (Å²) in [5, 5.41) is 0. The lowest BCUT2D eigenvalue weighted by Crippen LogP contribution is -2.47. The number of benzene rings is 1. The Morgan fingerprint density at radius 3 is 2.43 bits per heavy atom. The number of likely N-dealkylation sites (tertiary alicyclic amines) is 1. The van der Waals surface area contributed by atoms with Crippen LogP contribution in [0.2, 0.25) is 0 Å². The minimum atomic E-state index is -0.594. The first-order chi connectivity index (χ1) is 17.7. The molecule has 1 aromatic rings. The maximum Gasteiger partial charge on any atom is 0.249 e. The molecule has 3 saturated heterocycles. The van der Waals surface area contributed by atoms with Crippen molar-refractivity contribution in [1.82, 2.24) is 9.80 Å². The van der Waals surface area contributed by atoms with Crippen molar-refractivity contribution < 1.29 is 19.1 Å². The van der Waals surface area contributed by atoms with Crippen LogP contribution in [0.4, 0.5) is 5.69 Å². The fourth-order valence-electron chi connectivity index (χ4n) is 6.65. The van der Waals surface area contributed by atoms with Crippen molar-refractivity contribution in [3.8, 4) is 0 Å². The van der Waals surface area contributed by atoms with E-state index in [4.69, 9.17) is 10.5 Å². The Kier molecular flexibility index (Phi) is 7.09. The van der Waals surface area contributed by atoms with Crippen molar-refractivity contribution in [1.29, 1.82) is 0 Å². The number of amides is 2. The highest BCUT2D eigenvalue weighted by molar-refractivity contribution is 5.99. The molecule has 4 aliphatic rings. The molecule has 2 N–H and O–H groups in total. The number of piperazine rings is 1. The van der Waals surface area contributed by atoms with Crippen LogP contribution in [0.3, 0.4) is 0 Å². The lowest BCUT2D eigenvalue weighted by atomic mass is 9.71. The maximum absolute atomic E-state index is 14.5. The van der Waals surface area contributed by atoms with Crippen LogP contribution in [0.25, 0.3) is 0 Å². The van der Waals surface area contributed by atoms with E-state index in [0.29, 0.717) is 23.6 Å². The minimum absolute atomic E-state index is 0.00720. The number of likely N-dealkylation sites (N-methyl/N-ethyl adjacent to an activating group) is 1. The number of hydrogen-bond donors (Lipinski definition) is 1. The van der Waals surface area contributed by atoms with Crippen LogP contribution in [0, 0.1) is 17.3 Å². The van der Waals surface area contributed by atoms with Crippen LogP contribution in [-0.4, -0.2) is 85.4 Å². The largest absolute Gasteiger partial charge is 0.369 e. The molecule has 1 aromatic carbocycles. The van der Waals surface area contributed by atoms with E-state index in [2.05, 4.69) is 37.5 Å². The predicted molar refractivity (Wildman–Crippen MR) is 143 cm³/mol. The van der Waals surface area contributed by atoms with Gasteiger partial charge >= 0.3 is 0 Å². The molecule has 0 unspecified atom stereocenters. The predicted octanol–water partition coefficient (Wildman–Crippen LogP) is 2.65. The van der Waals surface area contributed by atoms with Crippen molar-refractivity contribution in [2.24, 2.45) is 23.0 Å². The van der Waals surface area contributed by atoms with Crippen LogP contribution in [0.5, 0.6) is 0 Å². The second kappa shape index (κ2) is 10.0. The number of rotatable bonds is 8. The first-order valence-electron chi connectivity index (χ1n) is 14.0. The number of carbonyl (C=O) groups excluding carboxylic acids is 3. The molecule has 0 spiro atoms. The topological polar surface area (TPSA) is 96.2 Å². The van der Waals surface area contributed by atoms with Gasteiger partial charge in [0.2, 0.25) is 11.8 Å². The molecule has 37 heavy (non-hydrogen) atoms. The zero-order valence-electron chi connectivity index (χ0n) is 22.7. The summed E-state index contributed by atoms with van der Waals surface area (Å²) in [6.07, 6.45) is 2.80. The second-order valence-electron chi connectivity index (χ2n) is 12.0. The van der Waals surface area contributed by atoms with Crippen LogP contribution in [-0.2, 0) is 14.3 Å². The molecule has 2 amide bonds. The molecule has 0 bridgehead atoms. The number of Topliss-reactive ketones (excluding diaryl/α,β-unsaturated/α-hetero) is 1. The van der Waals surface area contributed by atoms with Gasteiger partial charge in [0, 0.05) is 49.9 Å².